The van der Waals surface area contributed by atoms with Crippen LogP contribution in [0.15, 0.2) is 45.3 Å². The van der Waals surface area contributed by atoms with Crippen LogP contribution in [0.1, 0.15) is 65.5 Å². The largest absolute Gasteiger partial charge is 0.492 e. The fourth-order valence-corrected chi connectivity index (χ4v) is 3.45. The SMILES string of the molecule is CC(C)(C)c1ccc(Br)c(OCCCCOc2cc(C(C)(C)C)ccc2Br)c1. The summed E-state index contributed by atoms with van der Waals surface area (Å²) in [6.45, 7) is 14.6. The molecule has 0 aliphatic rings. The molecule has 0 aliphatic heterocycles. The quantitative estimate of drug-likeness (QED) is 0.350. The molecule has 0 heterocycles. The summed E-state index contributed by atoms with van der Waals surface area (Å²) in [4.78, 5) is 0. The van der Waals surface area contributed by atoms with Crippen molar-refractivity contribution in [2.24, 2.45) is 0 Å². The van der Waals surface area contributed by atoms with Gasteiger partial charge in [0, 0.05) is 0 Å². The van der Waals surface area contributed by atoms with E-state index in [0.29, 0.717) is 13.2 Å². The van der Waals surface area contributed by atoms with Crippen molar-refractivity contribution in [2.45, 2.75) is 65.2 Å². The Labute approximate surface area is 187 Å². The zero-order valence-electron chi connectivity index (χ0n) is 17.9. The van der Waals surface area contributed by atoms with Crippen molar-refractivity contribution in [3.8, 4) is 11.5 Å². The van der Waals surface area contributed by atoms with Gasteiger partial charge in [0.2, 0.25) is 0 Å². The lowest BCUT2D eigenvalue weighted by molar-refractivity contribution is 0.264. The van der Waals surface area contributed by atoms with Crippen LogP contribution in [-0.2, 0) is 10.8 Å². The fourth-order valence-electron chi connectivity index (χ4n) is 2.73. The van der Waals surface area contributed by atoms with E-state index in [4.69, 9.17) is 9.47 Å². The van der Waals surface area contributed by atoms with Gasteiger partial charge in [-0.25, -0.2) is 0 Å². The van der Waals surface area contributed by atoms with Crippen LogP contribution in [0.25, 0.3) is 0 Å². The van der Waals surface area contributed by atoms with Crippen molar-refractivity contribution >= 4 is 31.9 Å². The molecular formula is C24H32Br2O2. The van der Waals surface area contributed by atoms with Crippen LogP contribution in [0.5, 0.6) is 11.5 Å². The molecule has 0 atom stereocenters. The van der Waals surface area contributed by atoms with Crippen molar-refractivity contribution < 1.29 is 9.47 Å². The Morgan fingerprint density at radius 2 is 1.00 bits per heavy atom. The van der Waals surface area contributed by atoms with E-state index >= 15 is 0 Å². The molecule has 28 heavy (non-hydrogen) atoms. The summed E-state index contributed by atoms with van der Waals surface area (Å²) in [7, 11) is 0. The lowest BCUT2D eigenvalue weighted by atomic mass is 9.87. The summed E-state index contributed by atoms with van der Waals surface area (Å²) in [5.74, 6) is 1.82. The molecule has 0 fully saturated rings. The number of hydrogen-bond donors (Lipinski definition) is 0. The zero-order chi connectivity index (χ0) is 20.9. The Morgan fingerprint density at radius 1 is 0.643 bits per heavy atom. The van der Waals surface area contributed by atoms with Crippen LogP contribution in [-0.4, -0.2) is 13.2 Å². The normalized spacial score (nSPS) is 12.1. The second-order valence-corrected chi connectivity index (χ2v) is 10.9. The highest BCUT2D eigenvalue weighted by atomic mass is 79.9. The molecule has 0 saturated heterocycles. The molecule has 0 saturated carbocycles. The van der Waals surface area contributed by atoms with Crippen LogP contribution in [0, 0.1) is 0 Å². The number of rotatable bonds is 7. The highest BCUT2D eigenvalue weighted by Crippen LogP contribution is 2.33. The average molecular weight is 512 g/mol. The molecule has 0 aliphatic carbocycles. The van der Waals surface area contributed by atoms with Crippen molar-refractivity contribution in [1.82, 2.24) is 0 Å². The van der Waals surface area contributed by atoms with Gasteiger partial charge in [-0.15, -0.1) is 0 Å². The van der Waals surface area contributed by atoms with Crippen LogP contribution in [0.3, 0.4) is 0 Å². The Balaban J connectivity index is 1.82. The number of unbranched alkanes of at least 4 members (excludes halogenated alkanes) is 1. The molecule has 2 rings (SSSR count). The maximum atomic E-state index is 6.00. The molecule has 2 aromatic rings. The first-order valence-corrected chi connectivity index (χ1v) is 11.4. The van der Waals surface area contributed by atoms with E-state index in [0.717, 1.165) is 33.3 Å². The lowest BCUT2D eigenvalue weighted by Gasteiger charge is -2.21. The summed E-state index contributed by atoms with van der Waals surface area (Å²) >= 11 is 7.17. The van der Waals surface area contributed by atoms with E-state index in [9.17, 15) is 0 Å². The topological polar surface area (TPSA) is 18.5 Å². The Hall–Kier alpha value is -1.00. The van der Waals surface area contributed by atoms with Gasteiger partial charge < -0.3 is 9.47 Å². The van der Waals surface area contributed by atoms with Gasteiger partial charge in [-0.3, -0.25) is 0 Å². The second-order valence-electron chi connectivity index (χ2n) is 9.19. The van der Waals surface area contributed by atoms with Gasteiger partial charge >= 0.3 is 0 Å². The first-order chi connectivity index (χ1) is 13.0. The lowest BCUT2D eigenvalue weighted by Crippen LogP contribution is -2.12. The van der Waals surface area contributed by atoms with Crippen molar-refractivity contribution in [1.29, 1.82) is 0 Å². The van der Waals surface area contributed by atoms with Crippen molar-refractivity contribution in [2.75, 3.05) is 13.2 Å². The van der Waals surface area contributed by atoms with Gasteiger partial charge in [-0.2, -0.15) is 0 Å². The third-order valence-corrected chi connectivity index (χ3v) is 5.96. The molecule has 0 unspecified atom stereocenters. The molecule has 0 bridgehead atoms. The van der Waals surface area contributed by atoms with Gasteiger partial charge in [-0.1, -0.05) is 53.7 Å². The molecule has 2 nitrogen and oxygen atoms in total. The maximum Gasteiger partial charge on any atom is 0.133 e. The Bertz CT molecular complexity index is 719. The molecule has 154 valence electrons. The van der Waals surface area contributed by atoms with E-state index in [1.54, 1.807) is 0 Å². The van der Waals surface area contributed by atoms with Gasteiger partial charge in [0.1, 0.15) is 11.5 Å². The number of hydrogen-bond acceptors (Lipinski definition) is 2. The van der Waals surface area contributed by atoms with Crippen molar-refractivity contribution in [3.63, 3.8) is 0 Å². The van der Waals surface area contributed by atoms with E-state index in [1.165, 1.54) is 11.1 Å². The molecule has 2 aromatic carbocycles. The van der Waals surface area contributed by atoms with Crippen molar-refractivity contribution in [3.05, 3.63) is 56.5 Å². The molecular weight excluding hydrogens is 480 g/mol. The fraction of sp³-hybridized carbons (Fsp3) is 0.500. The minimum atomic E-state index is 0.113. The summed E-state index contributed by atoms with van der Waals surface area (Å²) in [5.41, 5.74) is 2.78. The summed E-state index contributed by atoms with van der Waals surface area (Å²) < 4.78 is 14.0. The Morgan fingerprint density at radius 3 is 1.32 bits per heavy atom. The monoisotopic (exact) mass is 510 g/mol. The first-order valence-electron chi connectivity index (χ1n) is 9.84. The number of ether oxygens (including phenoxy) is 2. The minimum absolute atomic E-state index is 0.113. The third-order valence-electron chi connectivity index (χ3n) is 4.65. The van der Waals surface area contributed by atoms with E-state index < -0.39 is 0 Å². The Kier molecular flexibility index (Phi) is 8.04. The molecule has 0 aromatic heterocycles. The van der Waals surface area contributed by atoms with Crippen LogP contribution in [0.2, 0.25) is 0 Å². The standard InChI is InChI=1S/C24H32Br2O2/c1-23(2,3)17-9-11-19(25)21(15-17)27-13-7-8-14-28-22-16-18(24(4,5)6)10-12-20(22)26/h9-12,15-16H,7-8,13-14H2,1-6H3. The average Bonchev–Trinajstić information content (AvgIpc) is 2.58. The van der Waals surface area contributed by atoms with Crippen LogP contribution < -0.4 is 9.47 Å². The molecule has 0 N–H and O–H groups in total. The first kappa shape index (κ1) is 23.3. The summed E-state index contributed by atoms with van der Waals surface area (Å²) in [5, 5.41) is 0. The van der Waals surface area contributed by atoms with Gasteiger partial charge in [-0.05, 0) is 90.9 Å². The highest BCUT2D eigenvalue weighted by Gasteiger charge is 2.16. The molecule has 0 spiro atoms. The maximum absolute atomic E-state index is 6.00. The molecule has 0 amide bonds. The third kappa shape index (κ3) is 6.81. The van der Waals surface area contributed by atoms with Gasteiger partial charge in [0.05, 0.1) is 22.2 Å². The van der Waals surface area contributed by atoms with Gasteiger partial charge in [0.15, 0.2) is 0 Å². The highest BCUT2D eigenvalue weighted by molar-refractivity contribution is 9.10. The predicted octanol–water partition coefficient (Wildman–Crippen LogP) is 8.04. The van der Waals surface area contributed by atoms with E-state index in [2.05, 4.69) is 110 Å². The van der Waals surface area contributed by atoms with E-state index in [-0.39, 0.29) is 10.8 Å². The number of halogens is 2. The summed E-state index contributed by atoms with van der Waals surface area (Å²) in [6, 6.07) is 12.7. The zero-order valence-corrected chi connectivity index (χ0v) is 21.0. The van der Waals surface area contributed by atoms with Crippen LogP contribution in [0.4, 0.5) is 0 Å². The van der Waals surface area contributed by atoms with E-state index in [1.807, 2.05) is 0 Å². The molecule has 4 heteroatoms. The minimum Gasteiger partial charge on any atom is -0.492 e. The molecule has 0 radical (unpaired) electrons. The van der Waals surface area contributed by atoms with Gasteiger partial charge in [0.25, 0.3) is 0 Å². The van der Waals surface area contributed by atoms with Crippen LogP contribution >= 0.6 is 31.9 Å². The predicted molar refractivity (Wildman–Crippen MR) is 126 cm³/mol. The summed E-state index contributed by atoms with van der Waals surface area (Å²) in [6.07, 6.45) is 1.89. The second kappa shape index (κ2) is 9.67. The number of benzene rings is 2. The smallest absolute Gasteiger partial charge is 0.133 e.